The van der Waals surface area contributed by atoms with Crippen LogP contribution in [0.25, 0.3) is 0 Å². The summed E-state index contributed by atoms with van der Waals surface area (Å²) in [5.41, 5.74) is -1.17. The second-order valence-electron chi connectivity index (χ2n) is 14.0. The Kier molecular flexibility index (Phi) is 9.35. The second kappa shape index (κ2) is 10.9. The lowest BCUT2D eigenvalue weighted by Crippen LogP contribution is -2.48. The minimum absolute atomic E-state index is 0.0310. The molecule has 0 aliphatic carbocycles. The normalized spacial score (nSPS) is 21.7. The fourth-order valence-electron chi connectivity index (χ4n) is 3.32. The number of hydrogen-bond acceptors (Lipinski definition) is 7. The number of carbonyl (C=O) groups is 1. The zero-order valence-corrected chi connectivity index (χ0v) is 27.1. The molecule has 3 atom stereocenters. The van der Waals surface area contributed by atoms with Gasteiger partial charge < -0.3 is 18.3 Å². The molecule has 37 heavy (non-hydrogen) atoms. The van der Waals surface area contributed by atoms with Gasteiger partial charge in [0, 0.05) is 12.6 Å². The third-order valence-electron chi connectivity index (χ3n) is 7.62. The average Bonchev–Trinajstić information content (AvgIpc) is 3.04. The summed E-state index contributed by atoms with van der Waals surface area (Å²) in [4.78, 5) is 29.0. The van der Waals surface area contributed by atoms with E-state index in [1.807, 2.05) is 0 Å². The van der Waals surface area contributed by atoms with Gasteiger partial charge in [-0.1, -0.05) is 41.5 Å². The first kappa shape index (κ1) is 31.7. The van der Waals surface area contributed by atoms with Crippen LogP contribution < -0.4 is 11.0 Å². The number of carbonyl (C=O) groups excluding carboxylic acids is 1. The van der Waals surface area contributed by atoms with Gasteiger partial charge in [-0.15, -0.1) is 0 Å². The Balaban J connectivity index is 2.25. The van der Waals surface area contributed by atoms with Crippen molar-refractivity contribution in [3.05, 3.63) is 22.7 Å². The molecule has 1 aliphatic rings. The van der Waals surface area contributed by atoms with Crippen LogP contribution in [-0.4, -0.2) is 56.7 Å². The maximum absolute atomic E-state index is 12.9. The Morgan fingerprint density at radius 2 is 1.62 bits per heavy atom. The van der Waals surface area contributed by atoms with E-state index >= 15 is 0 Å². The fourth-order valence-corrected chi connectivity index (χ4v) is 5.69. The van der Waals surface area contributed by atoms with Crippen molar-refractivity contribution in [2.45, 2.75) is 129 Å². The third kappa shape index (κ3) is 8.48. The number of anilines is 1. The van der Waals surface area contributed by atoms with E-state index in [4.69, 9.17) is 18.3 Å². The first-order valence-electron chi connectivity index (χ1n) is 13.1. The lowest BCUT2D eigenvalue weighted by atomic mass is 10.2. The molecule has 0 radical (unpaired) electrons. The smallest absolute Gasteiger partial charge is 0.413 e. The van der Waals surface area contributed by atoms with Crippen LogP contribution in [0.3, 0.4) is 0 Å². The number of hydrogen-bond donors (Lipinski definition) is 1. The molecular formula is C26H49N3O6Si2. The van der Waals surface area contributed by atoms with Crippen molar-refractivity contribution in [2.75, 3.05) is 11.9 Å². The minimum atomic E-state index is -2.10. The number of rotatable bonds is 7. The van der Waals surface area contributed by atoms with Gasteiger partial charge in [0.25, 0.3) is 0 Å². The van der Waals surface area contributed by atoms with Crippen LogP contribution >= 0.6 is 0 Å². The molecule has 1 fully saturated rings. The van der Waals surface area contributed by atoms with Crippen molar-refractivity contribution in [1.29, 1.82) is 0 Å². The van der Waals surface area contributed by atoms with Crippen LogP contribution in [0, 0.1) is 0 Å². The van der Waals surface area contributed by atoms with Gasteiger partial charge in [-0.2, -0.15) is 4.98 Å². The van der Waals surface area contributed by atoms with E-state index in [9.17, 15) is 9.59 Å². The highest BCUT2D eigenvalue weighted by molar-refractivity contribution is 6.74. The van der Waals surface area contributed by atoms with Crippen LogP contribution in [0.4, 0.5) is 10.6 Å². The summed E-state index contributed by atoms with van der Waals surface area (Å²) in [6.45, 7) is 27.8. The highest BCUT2D eigenvalue weighted by atomic mass is 28.4. The first-order valence-corrected chi connectivity index (χ1v) is 18.9. The van der Waals surface area contributed by atoms with Crippen LogP contribution in [-0.2, 0) is 18.3 Å². The van der Waals surface area contributed by atoms with E-state index in [1.165, 1.54) is 4.57 Å². The van der Waals surface area contributed by atoms with E-state index in [-0.39, 0.29) is 28.1 Å². The minimum Gasteiger partial charge on any atom is -0.444 e. The maximum Gasteiger partial charge on any atom is 0.413 e. The quantitative estimate of drug-likeness (QED) is 0.395. The SMILES string of the molecule is CC(C)(C)OC(=O)Nc1ccn([C@H]2C[C@@H](O[Si](C)(C)C(C)(C)C)[C@@H](CO[Si](C)(C)C(C)(C)C)O2)c(=O)n1. The van der Waals surface area contributed by atoms with Gasteiger partial charge in [0.05, 0.1) is 12.7 Å². The summed E-state index contributed by atoms with van der Waals surface area (Å²) in [5.74, 6) is 0.125. The number of ether oxygens (including phenoxy) is 2. The van der Waals surface area contributed by atoms with E-state index < -0.39 is 40.2 Å². The Hall–Kier alpha value is -1.54. The Morgan fingerprint density at radius 1 is 1.05 bits per heavy atom. The molecule has 1 saturated heterocycles. The van der Waals surface area contributed by atoms with Crippen LogP contribution in [0.1, 0.15) is 75.0 Å². The fraction of sp³-hybridized carbons (Fsp3) is 0.808. The molecule has 9 nitrogen and oxygen atoms in total. The van der Waals surface area contributed by atoms with Gasteiger partial charge in [-0.25, -0.2) is 9.59 Å². The van der Waals surface area contributed by atoms with Gasteiger partial charge in [-0.05, 0) is 63.1 Å². The number of nitrogens with zero attached hydrogens (tertiary/aromatic N) is 2. The highest BCUT2D eigenvalue weighted by Gasteiger charge is 2.46. The standard InChI is InChI=1S/C26H49N3O6Si2/c1-24(2,3)34-23(31)28-20-14-15-29(22(30)27-20)21-16-18(35-37(12,13)26(7,8)9)19(33-21)17-32-36(10,11)25(4,5)6/h14-15,18-19,21H,16-17H2,1-13H3,(H,27,28,30,31)/t18-,19-,21-/m1/s1. The molecule has 1 aliphatic heterocycles. The van der Waals surface area contributed by atoms with Crippen LogP contribution in [0.2, 0.25) is 36.3 Å². The molecule has 1 amide bonds. The number of amides is 1. The van der Waals surface area contributed by atoms with E-state index in [0.717, 1.165) is 0 Å². The van der Waals surface area contributed by atoms with Crippen molar-refractivity contribution in [3.8, 4) is 0 Å². The van der Waals surface area contributed by atoms with E-state index in [2.05, 4.69) is 78.0 Å². The predicted octanol–water partition coefficient (Wildman–Crippen LogP) is 6.29. The molecule has 0 bridgehead atoms. The van der Waals surface area contributed by atoms with Crippen LogP contribution in [0.15, 0.2) is 17.1 Å². The molecule has 212 valence electrons. The van der Waals surface area contributed by atoms with Crippen molar-refractivity contribution in [3.63, 3.8) is 0 Å². The highest BCUT2D eigenvalue weighted by Crippen LogP contribution is 2.42. The van der Waals surface area contributed by atoms with Crippen molar-refractivity contribution in [2.24, 2.45) is 0 Å². The molecule has 11 heteroatoms. The second-order valence-corrected chi connectivity index (χ2v) is 23.5. The molecule has 1 N–H and O–H groups in total. The van der Waals surface area contributed by atoms with Crippen molar-refractivity contribution in [1.82, 2.24) is 9.55 Å². The van der Waals surface area contributed by atoms with Gasteiger partial charge in [0.1, 0.15) is 23.8 Å². The van der Waals surface area contributed by atoms with Gasteiger partial charge >= 0.3 is 11.8 Å². The molecule has 0 aromatic carbocycles. The summed E-state index contributed by atoms with van der Waals surface area (Å²) in [7, 11) is -4.11. The van der Waals surface area contributed by atoms with Crippen LogP contribution in [0.5, 0.6) is 0 Å². The maximum atomic E-state index is 12.9. The lowest BCUT2D eigenvalue weighted by Gasteiger charge is -2.40. The average molecular weight is 556 g/mol. The summed E-state index contributed by atoms with van der Waals surface area (Å²) in [6, 6.07) is 1.57. The van der Waals surface area contributed by atoms with Gasteiger partial charge in [-0.3, -0.25) is 9.88 Å². The van der Waals surface area contributed by atoms with E-state index in [0.29, 0.717) is 13.0 Å². The Bertz CT molecular complexity index is 1010. The van der Waals surface area contributed by atoms with Gasteiger partial charge in [0.15, 0.2) is 16.6 Å². The van der Waals surface area contributed by atoms with Crippen molar-refractivity contribution < 1.29 is 23.1 Å². The molecule has 1 aromatic rings. The summed E-state index contributed by atoms with van der Waals surface area (Å²) in [5, 5.41) is 2.61. The summed E-state index contributed by atoms with van der Waals surface area (Å²) >= 11 is 0. The predicted molar refractivity (Wildman–Crippen MR) is 152 cm³/mol. The third-order valence-corrected chi connectivity index (χ3v) is 16.6. The molecule has 2 rings (SSSR count). The molecule has 0 unspecified atom stereocenters. The summed E-state index contributed by atoms with van der Waals surface area (Å²) in [6.07, 6.45) is 0.381. The number of aromatic nitrogens is 2. The van der Waals surface area contributed by atoms with E-state index in [1.54, 1.807) is 33.0 Å². The zero-order chi connectivity index (χ0) is 28.6. The number of nitrogens with one attached hydrogen (secondary N) is 1. The topological polar surface area (TPSA) is 101 Å². The zero-order valence-electron chi connectivity index (χ0n) is 25.1. The summed E-state index contributed by atoms with van der Waals surface area (Å²) < 4.78 is 26.4. The Labute approximate surface area is 224 Å². The molecule has 1 aromatic heterocycles. The molecular weight excluding hydrogens is 506 g/mol. The first-order chi connectivity index (χ1) is 16.5. The molecule has 2 heterocycles. The van der Waals surface area contributed by atoms with Crippen molar-refractivity contribution >= 4 is 28.5 Å². The Morgan fingerprint density at radius 3 is 2.11 bits per heavy atom. The van der Waals surface area contributed by atoms with Gasteiger partial charge in [0.2, 0.25) is 0 Å². The molecule has 0 saturated carbocycles. The largest absolute Gasteiger partial charge is 0.444 e. The molecule has 0 spiro atoms. The lowest BCUT2D eigenvalue weighted by molar-refractivity contribution is -0.0411. The monoisotopic (exact) mass is 555 g/mol.